The standard InChI is InChI=1S/C9H15N3O3/c1-5-3-8(15-12-5)9(14)11-4-7(10)6(2)13/h3,6-7,13H,4,10H2,1-2H3,(H,11,14). The molecule has 0 aliphatic heterocycles. The number of nitrogens with two attached hydrogens (primary N) is 1. The molecule has 0 fully saturated rings. The van der Waals surface area contributed by atoms with Gasteiger partial charge in [-0.2, -0.15) is 0 Å². The highest BCUT2D eigenvalue weighted by molar-refractivity contribution is 5.91. The third-order valence-corrected chi connectivity index (χ3v) is 1.97. The average Bonchev–Trinajstić information content (AvgIpc) is 2.60. The summed E-state index contributed by atoms with van der Waals surface area (Å²) in [6, 6.07) is 1.04. The fourth-order valence-electron chi connectivity index (χ4n) is 0.939. The minimum atomic E-state index is -0.665. The second kappa shape index (κ2) is 4.90. The van der Waals surface area contributed by atoms with Crippen LogP contribution in [0.4, 0.5) is 0 Å². The Balaban J connectivity index is 2.43. The van der Waals surface area contributed by atoms with Gasteiger partial charge in [0.25, 0.3) is 5.91 Å². The zero-order chi connectivity index (χ0) is 11.4. The van der Waals surface area contributed by atoms with E-state index >= 15 is 0 Å². The first kappa shape index (κ1) is 11.7. The van der Waals surface area contributed by atoms with E-state index in [4.69, 9.17) is 15.4 Å². The molecule has 0 saturated carbocycles. The molecule has 1 amide bonds. The van der Waals surface area contributed by atoms with Crippen LogP contribution in [0.1, 0.15) is 23.2 Å². The van der Waals surface area contributed by atoms with Crippen molar-refractivity contribution in [3.8, 4) is 0 Å². The molecule has 0 spiro atoms. The van der Waals surface area contributed by atoms with Gasteiger partial charge in [0, 0.05) is 18.7 Å². The molecule has 0 aromatic carbocycles. The van der Waals surface area contributed by atoms with E-state index in [1.807, 2.05) is 0 Å². The molecule has 0 radical (unpaired) electrons. The maximum Gasteiger partial charge on any atom is 0.289 e. The van der Waals surface area contributed by atoms with E-state index in [9.17, 15) is 4.79 Å². The van der Waals surface area contributed by atoms with Crippen LogP contribution in [-0.4, -0.2) is 34.9 Å². The number of hydrogen-bond donors (Lipinski definition) is 3. The minimum Gasteiger partial charge on any atom is -0.392 e. The van der Waals surface area contributed by atoms with E-state index in [2.05, 4.69) is 10.5 Å². The molecule has 2 unspecified atom stereocenters. The molecule has 0 bridgehead atoms. The number of rotatable bonds is 4. The van der Waals surface area contributed by atoms with Gasteiger partial charge in [-0.1, -0.05) is 5.16 Å². The number of nitrogens with zero attached hydrogens (tertiary/aromatic N) is 1. The molecule has 4 N–H and O–H groups in total. The molecule has 1 heterocycles. The first-order chi connectivity index (χ1) is 7.00. The largest absolute Gasteiger partial charge is 0.392 e. The lowest BCUT2D eigenvalue weighted by Crippen LogP contribution is -2.43. The van der Waals surface area contributed by atoms with Crippen LogP contribution < -0.4 is 11.1 Å². The normalized spacial score (nSPS) is 14.7. The quantitative estimate of drug-likeness (QED) is 0.621. The molecule has 1 rings (SSSR count). The summed E-state index contributed by atoms with van der Waals surface area (Å²) in [5, 5.41) is 15.2. The molecule has 1 aromatic rings. The van der Waals surface area contributed by atoms with E-state index in [1.165, 1.54) is 6.07 Å². The molecule has 15 heavy (non-hydrogen) atoms. The van der Waals surface area contributed by atoms with E-state index in [0.29, 0.717) is 5.69 Å². The van der Waals surface area contributed by atoms with Gasteiger partial charge < -0.3 is 20.7 Å². The fraction of sp³-hybridized carbons (Fsp3) is 0.556. The van der Waals surface area contributed by atoms with Gasteiger partial charge in [0.05, 0.1) is 11.8 Å². The number of aromatic nitrogens is 1. The predicted molar refractivity (Wildman–Crippen MR) is 53.2 cm³/mol. The van der Waals surface area contributed by atoms with Gasteiger partial charge in [-0.25, -0.2) is 0 Å². The lowest BCUT2D eigenvalue weighted by molar-refractivity contribution is 0.0901. The van der Waals surface area contributed by atoms with Gasteiger partial charge in [-0.15, -0.1) is 0 Å². The zero-order valence-corrected chi connectivity index (χ0v) is 8.73. The summed E-state index contributed by atoms with van der Waals surface area (Å²) in [7, 11) is 0. The molecule has 2 atom stereocenters. The number of aliphatic hydroxyl groups is 1. The smallest absolute Gasteiger partial charge is 0.289 e. The van der Waals surface area contributed by atoms with Gasteiger partial charge in [0.2, 0.25) is 5.76 Å². The number of aliphatic hydroxyl groups excluding tert-OH is 1. The van der Waals surface area contributed by atoms with E-state index in [-0.39, 0.29) is 18.2 Å². The number of nitrogens with one attached hydrogen (secondary N) is 1. The molecule has 1 aromatic heterocycles. The third kappa shape index (κ3) is 3.34. The Hall–Kier alpha value is -1.40. The van der Waals surface area contributed by atoms with Crippen LogP contribution in [0.3, 0.4) is 0 Å². The molecule has 0 saturated heterocycles. The topological polar surface area (TPSA) is 101 Å². The summed E-state index contributed by atoms with van der Waals surface area (Å²) in [6.45, 7) is 3.48. The molecular weight excluding hydrogens is 198 g/mol. The Morgan fingerprint density at radius 2 is 2.47 bits per heavy atom. The second-order valence-corrected chi connectivity index (χ2v) is 3.45. The van der Waals surface area contributed by atoms with Crippen molar-refractivity contribution < 1.29 is 14.4 Å². The summed E-state index contributed by atoms with van der Waals surface area (Å²) < 4.78 is 4.75. The first-order valence-corrected chi connectivity index (χ1v) is 4.66. The monoisotopic (exact) mass is 213 g/mol. The number of amides is 1. The Labute approximate surface area is 87.4 Å². The highest BCUT2D eigenvalue weighted by atomic mass is 16.5. The Morgan fingerprint density at radius 3 is 2.93 bits per heavy atom. The maximum atomic E-state index is 11.4. The predicted octanol–water partition coefficient (Wildman–Crippen LogP) is -0.579. The minimum absolute atomic E-state index is 0.144. The summed E-state index contributed by atoms with van der Waals surface area (Å²) in [5.74, 6) is -0.239. The van der Waals surface area contributed by atoms with Crippen molar-refractivity contribution in [2.45, 2.75) is 26.0 Å². The van der Waals surface area contributed by atoms with Crippen molar-refractivity contribution in [2.24, 2.45) is 5.73 Å². The lowest BCUT2D eigenvalue weighted by atomic mass is 10.2. The molecule has 6 nitrogen and oxygen atoms in total. The van der Waals surface area contributed by atoms with Crippen LogP contribution in [0.15, 0.2) is 10.6 Å². The lowest BCUT2D eigenvalue weighted by Gasteiger charge is -2.14. The van der Waals surface area contributed by atoms with Crippen LogP contribution in [0, 0.1) is 6.92 Å². The van der Waals surface area contributed by atoms with Crippen LogP contribution in [0.25, 0.3) is 0 Å². The Morgan fingerprint density at radius 1 is 1.80 bits per heavy atom. The van der Waals surface area contributed by atoms with Gasteiger partial charge in [-0.05, 0) is 13.8 Å². The summed E-state index contributed by atoms with van der Waals surface area (Å²) in [6.07, 6.45) is -0.665. The Bertz CT molecular complexity index is 335. The summed E-state index contributed by atoms with van der Waals surface area (Å²) in [5.41, 5.74) is 6.18. The molecular formula is C9H15N3O3. The second-order valence-electron chi connectivity index (χ2n) is 3.45. The highest BCUT2D eigenvalue weighted by Crippen LogP contribution is 2.01. The third-order valence-electron chi connectivity index (χ3n) is 1.97. The van der Waals surface area contributed by atoms with Gasteiger partial charge in [0.1, 0.15) is 0 Å². The van der Waals surface area contributed by atoms with E-state index in [1.54, 1.807) is 13.8 Å². The van der Waals surface area contributed by atoms with Crippen LogP contribution in [0.2, 0.25) is 0 Å². The van der Waals surface area contributed by atoms with Crippen molar-refractivity contribution in [2.75, 3.05) is 6.54 Å². The highest BCUT2D eigenvalue weighted by Gasteiger charge is 2.14. The number of hydrogen-bond acceptors (Lipinski definition) is 5. The molecule has 6 heteroatoms. The fourth-order valence-corrected chi connectivity index (χ4v) is 0.939. The number of carbonyl (C=O) groups is 1. The SMILES string of the molecule is Cc1cc(C(=O)NCC(N)C(C)O)on1. The van der Waals surface area contributed by atoms with Crippen LogP contribution >= 0.6 is 0 Å². The van der Waals surface area contributed by atoms with Crippen molar-refractivity contribution in [1.82, 2.24) is 10.5 Å². The average molecular weight is 213 g/mol. The van der Waals surface area contributed by atoms with Gasteiger partial charge in [-0.3, -0.25) is 4.79 Å². The van der Waals surface area contributed by atoms with Crippen LogP contribution in [-0.2, 0) is 0 Å². The first-order valence-electron chi connectivity index (χ1n) is 4.66. The summed E-state index contributed by atoms with van der Waals surface area (Å²) >= 11 is 0. The number of aryl methyl sites for hydroxylation is 1. The molecule has 0 aliphatic carbocycles. The number of carbonyl (C=O) groups excluding carboxylic acids is 1. The zero-order valence-electron chi connectivity index (χ0n) is 8.73. The molecule has 0 aliphatic rings. The van der Waals surface area contributed by atoms with Crippen molar-refractivity contribution in [3.63, 3.8) is 0 Å². The van der Waals surface area contributed by atoms with E-state index in [0.717, 1.165) is 0 Å². The Kier molecular flexibility index (Phi) is 3.81. The van der Waals surface area contributed by atoms with Gasteiger partial charge >= 0.3 is 0 Å². The van der Waals surface area contributed by atoms with Crippen molar-refractivity contribution in [1.29, 1.82) is 0 Å². The molecule has 84 valence electrons. The van der Waals surface area contributed by atoms with Crippen LogP contribution in [0.5, 0.6) is 0 Å². The van der Waals surface area contributed by atoms with Gasteiger partial charge in [0.15, 0.2) is 0 Å². The van der Waals surface area contributed by atoms with Crippen molar-refractivity contribution >= 4 is 5.91 Å². The summed E-state index contributed by atoms with van der Waals surface area (Å²) in [4.78, 5) is 11.4. The van der Waals surface area contributed by atoms with E-state index < -0.39 is 12.1 Å². The van der Waals surface area contributed by atoms with Crippen molar-refractivity contribution in [3.05, 3.63) is 17.5 Å². The maximum absolute atomic E-state index is 11.4.